The summed E-state index contributed by atoms with van der Waals surface area (Å²) in [5.41, 5.74) is -0.670. The van der Waals surface area contributed by atoms with Crippen molar-refractivity contribution in [2.24, 2.45) is 0 Å². The van der Waals surface area contributed by atoms with Gasteiger partial charge in [0.15, 0.2) is 23.3 Å². The first kappa shape index (κ1) is 14.2. The smallest absolute Gasteiger partial charge is 0.200 e. The minimum atomic E-state index is -2.18. The van der Waals surface area contributed by atoms with Crippen LogP contribution in [-0.2, 0) is 0 Å². The van der Waals surface area contributed by atoms with Gasteiger partial charge in [0.2, 0.25) is 5.82 Å². The number of nitrogens with one attached hydrogen (secondary N) is 1. The van der Waals surface area contributed by atoms with Gasteiger partial charge < -0.3 is 5.32 Å². The van der Waals surface area contributed by atoms with Crippen molar-refractivity contribution in [1.82, 2.24) is 4.98 Å². The number of nitrogens with zero attached hydrogens (tertiary/aromatic N) is 1. The minimum Gasteiger partial charge on any atom is -0.372 e. The lowest BCUT2D eigenvalue weighted by Gasteiger charge is -2.16. The summed E-state index contributed by atoms with van der Waals surface area (Å²) >= 11 is 0. The van der Waals surface area contributed by atoms with E-state index in [0.717, 1.165) is 0 Å². The molecule has 106 valence electrons. The predicted octanol–water partition coefficient (Wildman–Crippen LogP) is 3.95. The highest BCUT2D eigenvalue weighted by Crippen LogP contribution is 2.29. The van der Waals surface area contributed by atoms with Gasteiger partial charge in [0.1, 0.15) is 5.69 Å². The molecule has 0 aliphatic heterocycles. The van der Waals surface area contributed by atoms with Gasteiger partial charge in [-0.15, -0.1) is 0 Å². The fourth-order valence-electron chi connectivity index (χ4n) is 1.65. The summed E-state index contributed by atoms with van der Waals surface area (Å²) in [6, 6.07) is 4.10. The lowest BCUT2D eigenvalue weighted by Crippen LogP contribution is -2.14. The molecule has 1 aromatic heterocycles. The highest BCUT2D eigenvalue weighted by Gasteiger charge is 2.26. The standard InChI is InChI=1S/C13H9F5N2/c1-6(7-4-2-3-5-19-7)20-13-11(17)9(15)8(14)10(16)12(13)18/h2-6,20H,1H3. The Balaban J connectivity index is 2.40. The topological polar surface area (TPSA) is 24.9 Å². The fraction of sp³-hybridized carbons (Fsp3) is 0.154. The Morgan fingerprint density at radius 2 is 1.45 bits per heavy atom. The van der Waals surface area contributed by atoms with Crippen molar-refractivity contribution in [2.75, 3.05) is 5.32 Å². The second-order valence-corrected chi connectivity index (χ2v) is 4.07. The van der Waals surface area contributed by atoms with Gasteiger partial charge in [-0.3, -0.25) is 4.98 Å². The molecule has 0 bridgehead atoms. The summed E-state index contributed by atoms with van der Waals surface area (Å²) in [4.78, 5) is 3.93. The first-order valence-corrected chi connectivity index (χ1v) is 5.62. The molecule has 2 rings (SSSR count). The van der Waals surface area contributed by atoms with Gasteiger partial charge in [-0.1, -0.05) is 6.07 Å². The molecular formula is C13H9F5N2. The van der Waals surface area contributed by atoms with E-state index in [9.17, 15) is 22.0 Å². The van der Waals surface area contributed by atoms with Crippen molar-refractivity contribution in [3.8, 4) is 0 Å². The molecule has 1 atom stereocenters. The van der Waals surface area contributed by atoms with Crippen LogP contribution in [0.15, 0.2) is 24.4 Å². The Kier molecular flexibility index (Phi) is 3.87. The third-order valence-electron chi connectivity index (χ3n) is 2.70. The number of aromatic nitrogens is 1. The Morgan fingerprint density at radius 3 is 1.95 bits per heavy atom. The molecular weight excluding hydrogens is 279 g/mol. The van der Waals surface area contributed by atoms with E-state index in [1.165, 1.54) is 13.1 Å². The molecule has 0 aliphatic rings. The number of pyridine rings is 1. The Bertz CT molecular complexity index is 601. The number of benzene rings is 1. The van der Waals surface area contributed by atoms with Gasteiger partial charge in [-0.25, -0.2) is 22.0 Å². The summed E-state index contributed by atoms with van der Waals surface area (Å²) < 4.78 is 65.9. The third kappa shape index (κ3) is 2.43. The molecule has 0 saturated carbocycles. The van der Waals surface area contributed by atoms with Gasteiger partial charge in [0.25, 0.3) is 0 Å². The molecule has 2 aromatic rings. The molecule has 0 saturated heterocycles. The van der Waals surface area contributed by atoms with Gasteiger partial charge in [-0.2, -0.15) is 0 Å². The highest BCUT2D eigenvalue weighted by atomic mass is 19.2. The maximum absolute atomic E-state index is 13.5. The van der Waals surface area contributed by atoms with Crippen LogP contribution in [0, 0.1) is 29.1 Å². The summed E-state index contributed by atoms with van der Waals surface area (Å²) in [6.07, 6.45) is 1.45. The van der Waals surface area contributed by atoms with E-state index in [-0.39, 0.29) is 0 Å². The highest BCUT2D eigenvalue weighted by molar-refractivity contribution is 5.49. The average molecular weight is 288 g/mol. The molecule has 7 heteroatoms. The quantitative estimate of drug-likeness (QED) is 0.525. The molecule has 0 amide bonds. The van der Waals surface area contributed by atoms with Crippen molar-refractivity contribution in [2.45, 2.75) is 13.0 Å². The molecule has 20 heavy (non-hydrogen) atoms. The zero-order valence-electron chi connectivity index (χ0n) is 10.2. The third-order valence-corrected chi connectivity index (χ3v) is 2.70. The molecule has 1 aromatic carbocycles. The van der Waals surface area contributed by atoms with Gasteiger partial charge >= 0.3 is 0 Å². The van der Waals surface area contributed by atoms with E-state index in [4.69, 9.17) is 0 Å². The van der Waals surface area contributed by atoms with Gasteiger partial charge in [0.05, 0.1) is 11.7 Å². The molecule has 0 aliphatic carbocycles. The largest absolute Gasteiger partial charge is 0.372 e. The lowest BCUT2D eigenvalue weighted by molar-refractivity contribution is 0.381. The van der Waals surface area contributed by atoms with E-state index in [0.29, 0.717) is 5.69 Å². The average Bonchev–Trinajstić information content (AvgIpc) is 2.48. The van der Waals surface area contributed by atoms with Crippen LogP contribution >= 0.6 is 0 Å². The molecule has 1 unspecified atom stereocenters. The maximum atomic E-state index is 13.5. The molecule has 1 heterocycles. The first-order valence-electron chi connectivity index (χ1n) is 5.62. The van der Waals surface area contributed by atoms with Crippen molar-refractivity contribution >= 4 is 5.69 Å². The zero-order chi connectivity index (χ0) is 14.9. The molecule has 0 fully saturated rings. The van der Waals surface area contributed by atoms with Crippen molar-refractivity contribution in [3.05, 3.63) is 59.2 Å². The lowest BCUT2D eigenvalue weighted by atomic mass is 10.2. The van der Waals surface area contributed by atoms with Crippen molar-refractivity contribution < 1.29 is 22.0 Å². The number of halogens is 5. The van der Waals surface area contributed by atoms with Gasteiger partial charge in [-0.05, 0) is 19.1 Å². The molecule has 0 radical (unpaired) electrons. The Hall–Kier alpha value is -2.18. The van der Waals surface area contributed by atoms with E-state index >= 15 is 0 Å². The van der Waals surface area contributed by atoms with E-state index in [2.05, 4.69) is 10.3 Å². The zero-order valence-corrected chi connectivity index (χ0v) is 10.2. The van der Waals surface area contributed by atoms with Crippen molar-refractivity contribution in [1.29, 1.82) is 0 Å². The van der Waals surface area contributed by atoms with Crippen LogP contribution in [-0.4, -0.2) is 4.98 Å². The Morgan fingerprint density at radius 1 is 0.900 bits per heavy atom. The van der Waals surface area contributed by atoms with Crippen LogP contribution in [0.1, 0.15) is 18.7 Å². The summed E-state index contributed by atoms with van der Waals surface area (Å²) in [7, 11) is 0. The van der Waals surface area contributed by atoms with Crippen LogP contribution in [0.2, 0.25) is 0 Å². The maximum Gasteiger partial charge on any atom is 0.200 e. The Labute approximate surface area is 111 Å². The SMILES string of the molecule is CC(Nc1c(F)c(F)c(F)c(F)c1F)c1ccccn1. The second kappa shape index (κ2) is 5.44. The molecule has 0 spiro atoms. The monoisotopic (exact) mass is 288 g/mol. The normalized spacial score (nSPS) is 12.3. The number of hydrogen-bond donors (Lipinski definition) is 1. The van der Waals surface area contributed by atoms with E-state index in [1.54, 1.807) is 18.2 Å². The minimum absolute atomic E-state index is 0.399. The van der Waals surface area contributed by atoms with Crippen molar-refractivity contribution in [3.63, 3.8) is 0 Å². The summed E-state index contributed by atoms with van der Waals surface area (Å²) in [5, 5.41) is 2.24. The summed E-state index contributed by atoms with van der Waals surface area (Å²) in [6.45, 7) is 1.49. The van der Waals surface area contributed by atoms with Crippen LogP contribution < -0.4 is 5.32 Å². The number of anilines is 1. The second-order valence-electron chi connectivity index (χ2n) is 4.07. The molecule has 1 N–H and O–H groups in total. The molecule has 2 nitrogen and oxygen atoms in total. The van der Waals surface area contributed by atoms with Crippen LogP contribution in [0.25, 0.3) is 0 Å². The predicted molar refractivity (Wildman–Crippen MR) is 62.5 cm³/mol. The fourth-order valence-corrected chi connectivity index (χ4v) is 1.65. The van der Waals surface area contributed by atoms with Gasteiger partial charge in [0, 0.05) is 6.20 Å². The van der Waals surface area contributed by atoms with E-state index in [1.807, 2.05) is 0 Å². The number of hydrogen-bond acceptors (Lipinski definition) is 2. The summed E-state index contributed by atoms with van der Waals surface area (Å²) in [5.74, 6) is -9.95. The van der Waals surface area contributed by atoms with Crippen LogP contribution in [0.3, 0.4) is 0 Å². The van der Waals surface area contributed by atoms with E-state index < -0.39 is 40.8 Å². The first-order chi connectivity index (χ1) is 9.43. The van der Waals surface area contributed by atoms with Crippen LogP contribution in [0.4, 0.5) is 27.6 Å². The van der Waals surface area contributed by atoms with Crippen LogP contribution in [0.5, 0.6) is 0 Å². The number of rotatable bonds is 3.